The smallest absolute Gasteiger partial charge is 0.230 e. The Balaban J connectivity index is 1.39. The molecule has 1 aromatic heterocycles. The van der Waals surface area contributed by atoms with Crippen LogP contribution in [0.3, 0.4) is 0 Å². The van der Waals surface area contributed by atoms with Crippen molar-refractivity contribution in [3.63, 3.8) is 0 Å². The van der Waals surface area contributed by atoms with Crippen LogP contribution >= 0.6 is 0 Å². The highest BCUT2D eigenvalue weighted by atomic mass is 16.3. The lowest BCUT2D eigenvalue weighted by Gasteiger charge is -2.40. The van der Waals surface area contributed by atoms with E-state index in [-0.39, 0.29) is 12.5 Å². The van der Waals surface area contributed by atoms with Gasteiger partial charge in [0, 0.05) is 52.1 Å². The summed E-state index contributed by atoms with van der Waals surface area (Å²) in [5, 5.41) is 9.70. The quantitative estimate of drug-likeness (QED) is 0.812. The lowest BCUT2D eigenvalue weighted by molar-refractivity contribution is -0.143. The molecule has 6 heteroatoms. The molecule has 0 spiro atoms. The molecule has 1 amide bonds. The zero-order valence-electron chi connectivity index (χ0n) is 16.9. The second-order valence-corrected chi connectivity index (χ2v) is 8.17. The first kappa shape index (κ1) is 19.9. The summed E-state index contributed by atoms with van der Waals surface area (Å²) in [4.78, 5) is 24.5. The van der Waals surface area contributed by atoms with E-state index in [0.29, 0.717) is 19.5 Å². The van der Waals surface area contributed by atoms with Crippen molar-refractivity contribution < 1.29 is 9.90 Å². The van der Waals surface area contributed by atoms with Crippen molar-refractivity contribution in [2.75, 3.05) is 50.8 Å². The normalized spacial score (nSPS) is 22.8. The van der Waals surface area contributed by atoms with Crippen LogP contribution in [0.1, 0.15) is 18.4 Å². The third-order valence-electron chi connectivity index (χ3n) is 6.27. The average Bonchev–Trinajstić information content (AvgIpc) is 3.18. The predicted octanol–water partition coefficient (Wildman–Crippen LogP) is 2.00. The minimum atomic E-state index is -0.462. The largest absolute Gasteiger partial charge is 0.396 e. The highest BCUT2D eigenvalue weighted by Crippen LogP contribution is 2.37. The van der Waals surface area contributed by atoms with E-state index in [1.165, 1.54) is 5.56 Å². The van der Waals surface area contributed by atoms with E-state index < -0.39 is 5.41 Å². The third-order valence-corrected chi connectivity index (χ3v) is 6.27. The van der Waals surface area contributed by atoms with Crippen molar-refractivity contribution in [1.29, 1.82) is 0 Å². The van der Waals surface area contributed by atoms with Crippen LogP contribution in [0.25, 0.3) is 0 Å². The topological polar surface area (TPSA) is 59.9 Å². The number of amides is 1. The Morgan fingerprint density at radius 1 is 1.00 bits per heavy atom. The summed E-state index contributed by atoms with van der Waals surface area (Å²) < 4.78 is 0. The van der Waals surface area contributed by atoms with Crippen molar-refractivity contribution >= 4 is 11.7 Å². The van der Waals surface area contributed by atoms with Gasteiger partial charge in [0.25, 0.3) is 0 Å². The van der Waals surface area contributed by atoms with Gasteiger partial charge in [-0.25, -0.2) is 4.98 Å². The van der Waals surface area contributed by atoms with Crippen molar-refractivity contribution in [2.45, 2.75) is 19.4 Å². The SMILES string of the molecule is O=C(N1CCN(c2ccccn2)CC1)C1(CCO)CCN(Cc2ccccc2)C1. The van der Waals surface area contributed by atoms with Gasteiger partial charge in [0.05, 0.1) is 5.41 Å². The molecule has 1 N–H and O–H groups in total. The van der Waals surface area contributed by atoms with E-state index >= 15 is 0 Å². The van der Waals surface area contributed by atoms with E-state index in [0.717, 1.165) is 45.0 Å². The maximum Gasteiger partial charge on any atom is 0.230 e. The Labute approximate surface area is 172 Å². The average molecular weight is 395 g/mol. The molecule has 0 saturated carbocycles. The standard InChI is InChI=1S/C23H30N4O2/c28-17-10-23(9-12-25(19-23)18-20-6-2-1-3-7-20)22(29)27-15-13-26(14-16-27)21-8-4-5-11-24-21/h1-8,11,28H,9-10,12-19H2. The van der Waals surface area contributed by atoms with Gasteiger partial charge in [-0.1, -0.05) is 36.4 Å². The number of hydrogen-bond acceptors (Lipinski definition) is 5. The molecule has 3 heterocycles. The van der Waals surface area contributed by atoms with Crippen LogP contribution in [0, 0.1) is 5.41 Å². The van der Waals surface area contributed by atoms with E-state index in [9.17, 15) is 9.90 Å². The number of aliphatic hydroxyl groups excluding tert-OH is 1. The summed E-state index contributed by atoms with van der Waals surface area (Å²) >= 11 is 0. The monoisotopic (exact) mass is 394 g/mol. The van der Waals surface area contributed by atoms with Crippen molar-refractivity contribution in [1.82, 2.24) is 14.8 Å². The van der Waals surface area contributed by atoms with Crippen molar-refractivity contribution in [3.05, 3.63) is 60.3 Å². The van der Waals surface area contributed by atoms with E-state index in [1.54, 1.807) is 0 Å². The zero-order valence-corrected chi connectivity index (χ0v) is 16.9. The number of aromatic nitrogens is 1. The second-order valence-electron chi connectivity index (χ2n) is 8.17. The molecule has 0 aliphatic carbocycles. The molecule has 1 aromatic carbocycles. The summed E-state index contributed by atoms with van der Waals surface area (Å²) in [7, 11) is 0. The van der Waals surface area contributed by atoms with Gasteiger partial charge in [0.2, 0.25) is 5.91 Å². The van der Waals surface area contributed by atoms with Gasteiger partial charge >= 0.3 is 0 Å². The Morgan fingerprint density at radius 2 is 1.76 bits per heavy atom. The lowest BCUT2D eigenvalue weighted by Crippen LogP contribution is -2.54. The number of benzene rings is 1. The Morgan fingerprint density at radius 3 is 2.45 bits per heavy atom. The molecule has 6 nitrogen and oxygen atoms in total. The molecule has 1 atom stereocenters. The third kappa shape index (κ3) is 4.43. The Kier molecular flexibility index (Phi) is 6.11. The molecular formula is C23H30N4O2. The maximum atomic E-state index is 13.5. The number of carbonyl (C=O) groups is 1. The summed E-state index contributed by atoms with van der Waals surface area (Å²) in [6, 6.07) is 16.3. The van der Waals surface area contributed by atoms with Crippen LogP contribution < -0.4 is 4.90 Å². The summed E-state index contributed by atoms with van der Waals surface area (Å²) in [6.45, 7) is 5.55. The number of pyridine rings is 1. The fraction of sp³-hybridized carbons (Fsp3) is 0.478. The zero-order chi connectivity index (χ0) is 20.1. The summed E-state index contributed by atoms with van der Waals surface area (Å²) in [5.74, 6) is 1.18. The number of anilines is 1. The van der Waals surface area contributed by atoms with E-state index in [4.69, 9.17) is 0 Å². The molecule has 1 unspecified atom stereocenters. The van der Waals surface area contributed by atoms with Gasteiger partial charge in [-0.3, -0.25) is 9.69 Å². The van der Waals surface area contributed by atoms with Gasteiger partial charge in [-0.15, -0.1) is 0 Å². The molecule has 0 bridgehead atoms. The van der Waals surface area contributed by atoms with Crippen molar-refractivity contribution in [3.8, 4) is 0 Å². The van der Waals surface area contributed by atoms with E-state index in [2.05, 4.69) is 39.0 Å². The summed E-state index contributed by atoms with van der Waals surface area (Å²) in [6.07, 6.45) is 3.17. The summed E-state index contributed by atoms with van der Waals surface area (Å²) in [5.41, 5.74) is 0.806. The molecule has 2 aliphatic rings. The van der Waals surface area contributed by atoms with E-state index in [1.807, 2.05) is 35.4 Å². The number of aliphatic hydroxyl groups is 1. The molecule has 0 radical (unpaired) electrons. The molecule has 29 heavy (non-hydrogen) atoms. The molecule has 2 fully saturated rings. The lowest BCUT2D eigenvalue weighted by atomic mass is 9.82. The molecule has 2 aromatic rings. The minimum absolute atomic E-state index is 0.0544. The van der Waals surface area contributed by atoms with Gasteiger partial charge in [0.1, 0.15) is 5.82 Å². The molecule has 4 rings (SSSR count). The molecular weight excluding hydrogens is 364 g/mol. The fourth-order valence-corrected chi connectivity index (χ4v) is 4.65. The van der Waals surface area contributed by atoms with Gasteiger partial charge in [0.15, 0.2) is 0 Å². The predicted molar refractivity (Wildman–Crippen MR) is 114 cm³/mol. The number of nitrogens with zero attached hydrogens (tertiary/aromatic N) is 4. The first-order chi connectivity index (χ1) is 14.2. The number of piperazine rings is 1. The van der Waals surface area contributed by atoms with Crippen LogP contribution in [0.5, 0.6) is 0 Å². The number of carbonyl (C=O) groups excluding carboxylic acids is 1. The van der Waals surface area contributed by atoms with Gasteiger partial charge in [-0.05, 0) is 37.1 Å². The second kappa shape index (κ2) is 8.93. The van der Waals surface area contributed by atoms with Crippen molar-refractivity contribution in [2.24, 2.45) is 5.41 Å². The highest BCUT2D eigenvalue weighted by molar-refractivity contribution is 5.83. The Hall–Kier alpha value is -2.44. The van der Waals surface area contributed by atoms with Crippen LogP contribution in [-0.4, -0.2) is 71.7 Å². The molecule has 154 valence electrons. The molecule has 2 aliphatic heterocycles. The first-order valence-electron chi connectivity index (χ1n) is 10.5. The molecule has 2 saturated heterocycles. The van der Waals surface area contributed by atoms with Crippen LogP contribution in [0.2, 0.25) is 0 Å². The number of hydrogen-bond donors (Lipinski definition) is 1. The Bertz CT molecular complexity index is 793. The van der Waals surface area contributed by atoms with Gasteiger partial charge < -0.3 is 14.9 Å². The maximum absolute atomic E-state index is 13.5. The van der Waals surface area contributed by atoms with Gasteiger partial charge in [-0.2, -0.15) is 0 Å². The highest BCUT2D eigenvalue weighted by Gasteiger charge is 2.46. The van der Waals surface area contributed by atoms with Crippen LogP contribution in [-0.2, 0) is 11.3 Å². The number of rotatable bonds is 6. The first-order valence-corrected chi connectivity index (χ1v) is 10.5. The minimum Gasteiger partial charge on any atom is -0.396 e. The van der Waals surface area contributed by atoms with Crippen LogP contribution in [0.4, 0.5) is 5.82 Å². The van der Waals surface area contributed by atoms with Crippen LogP contribution in [0.15, 0.2) is 54.7 Å². The fourth-order valence-electron chi connectivity index (χ4n) is 4.65. The number of likely N-dealkylation sites (tertiary alicyclic amines) is 1.